The molecule has 0 saturated heterocycles. The maximum atomic E-state index is 12.5. The second-order valence-electron chi connectivity index (χ2n) is 4.86. The van der Waals surface area contributed by atoms with E-state index in [1.54, 1.807) is 13.8 Å². The third-order valence-electron chi connectivity index (χ3n) is 3.31. The topological polar surface area (TPSA) is 43.4 Å². The van der Waals surface area contributed by atoms with E-state index in [1.807, 2.05) is 44.2 Å². The summed E-state index contributed by atoms with van der Waals surface area (Å²) in [5, 5.41) is 0. The van der Waals surface area contributed by atoms with Crippen molar-refractivity contribution in [2.45, 2.75) is 46.1 Å². The summed E-state index contributed by atoms with van der Waals surface area (Å²) in [4.78, 5) is 24.2. The lowest BCUT2D eigenvalue weighted by atomic mass is 9.78. The number of carbonyl (C=O) groups excluding carboxylic acids is 2. The predicted octanol–water partition coefficient (Wildman–Crippen LogP) is 3.47. The van der Waals surface area contributed by atoms with E-state index in [4.69, 9.17) is 4.74 Å². The van der Waals surface area contributed by atoms with Gasteiger partial charge in [0.15, 0.2) is 11.4 Å². The second-order valence-corrected chi connectivity index (χ2v) is 4.86. The molecule has 1 aromatic carbocycles. The number of hydrogen-bond acceptors (Lipinski definition) is 3. The van der Waals surface area contributed by atoms with Gasteiger partial charge >= 0.3 is 5.97 Å². The molecule has 1 rings (SSSR count). The third kappa shape index (κ3) is 3.03. The van der Waals surface area contributed by atoms with Gasteiger partial charge in [-0.2, -0.15) is 0 Å². The monoisotopic (exact) mass is 262 g/mol. The van der Waals surface area contributed by atoms with Gasteiger partial charge in [0.1, 0.15) is 0 Å². The van der Waals surface area contributed by atoms with Crippen molar-refractivity contribution in [3.8, 4) is 0 Å². The van der Waals surface area contributed by atoms with Crippen molar-refractivity contribution in [2.24, 2.45) is 5.92 Å². The maximum Gasteiger partial charge on any atom is 0.306 e. The van der Waals surface area contributed by atoms with E-state index in [0.717, 1.165) is 5.56 Å². The van der Waals surface area contributed by atoms with Gasteiger partial charge in [0.25, 0.3) is 0 Å². The van der Waals surface area contributed by atoms with Crippen LogP contribution in [0.25, 0.3) is 0 Å². The van der Waals surface area contributed by atoms with Crippen molar-refractivity contribution < 1.29 is 14.3 Å². The van der Waals surface area contributed by atoms with Crippen LogP contribution in [-0.4, -0.2) is 11.8 Å². The third-order valence-corrected chi connectivity index (χ3v) is 3.31. The molecule has 19 heavy (non-hydrogen) atoms. The van der Waals surface area contributed by atoms with Crippen LogP contribution >= 0.6 is 0 Å². The van der Waals surface area contributed by atoms with Gasteiger partial charge in [-0.25, -0.2) is 0 Å². The Hall–Kier alpha value is -1.64. The van der Waals surface area contributed by atoms with Gasteiger partial charge in [-0.15, -0.1) is 0 Å². The quantitative estimate of drug-likeness (QED) is 0.737. The lowest BCUT2D eigenvalue weighted by Crippen LogP contribution is -2.45. The summed E-state index contributed by atoms with van der Waals surface area (Å²) in [7, 11) is 0. The molecule has 1 aromatic rings. The molecule has 0 saturated carbocycles. The van der Waals surface area contributed by atoms with E-state index in [-0.39, 0.29) is 24.1 Å². The summed E-state index contributed by atoms with van der Waals surface area (Å²) >= 11 is 0. The number of benzene rings is 1. The van der Waals surface area contributed by atoms with Crippen molar-refractivity contribution in [1.82, 2.24) is 0 Å². The van der Waals surface area contributed by atoms with Crippen LogP contribution in [0.4, 0.5) is 0 Å². The zero-order valence-electron chi connectivity index (χ0n) is 12.1. The number of ether oxygens (including phenoxy) is 1. The fourth-order valence-electron chi connectivity index (χ4n) is 2.25. The van der Waals surface area contributed by atoms with Crippen molar-refractivity contribution in [2.75, 3.05) is 0 Å². The molecular formula is C16H22O3. The molecule has 0 N–H and O–H groups in total. The molecular weight excluding hydrogens is 240 g/mol. The van der Waals surface area contributed by atoms with E-state index in [1.165, 1.54) is 0 Å². The van der Waals surface area contributed by atoms with Crippen LogP contribution in [0.3, 0.4) is 0 Å². The standard InChI is InChI=1S/C16H22O3/c1-5-14(17)16(12(3)4,19-15(18)6-2)13-10-8-7-9-11-13/h7-12H,5-6H2,1-4H3. The van der Waals surface area contributed by atoms with Crippen molar-refractivity contribution >= 4 is 11.8 Å². The van der Waals surface area contributed by atoms with Crippen molar-refractivity contribution in [3.05, 3.63) is 35.9 Å². The highest BCUT2D eigenvalue weighted by Crippen LogP contribution is 2.36. The van der Waals surface area contributed by atoms with Crippen LogP contribution in [0.15, 0.2) is 30.3 Å². The van der Waals surface area contributed by atoms with E-state index < -0.39 is 5.60 Å². The average molecular weight is 262 g/mol. The Balaban J connectivity index is 3.36. The Bertz CT molecular complexity index is 437. The molecule has 0 radical (unpaired) electrons. The Morgan fingerprint density at radius 2 is 1.68 bits per heavy atom. The van der Waals surface area contributed by atoms with Gasteiger partial charge in [-0.05, 0) is 0 Å². The SMILES string of the molecule is CCC(=O)OC(C(=O)CC)(c1ccccc1)C(C)C. The lowest BCUT2D eigenvalue weighted by molar-refractivity contribution is -0.174. The van der Waals surface area contributed by atoms with E-state index >= 15 is 0 Å². The van der Waals surface area contributed by atoms with Gasteiger partial charge in [0, 0.05) is 24.3 Å². The minimum atomic E-state index is -1.16. The number of carbonyl (C=O) groups is 2. The van der Waals surface area contributed by atoms with E-state index in [2.05, 4.69) is 0 Å². The van der Waals surface area contributed by atoms with Crippen LogP contribution in [0.1, 0.15) is 46.1 Å². The van der Waals surface area contributed by atoms with Crippen molar-refractivity contribution in [3.63, 3.8) is 0 Å². The summed E-state index contributed by atoms with van der Waals surface area (Å²) in [5.41, 5.74) is -0.415. The Kier molecular flexibility index (Phi) is 5.28. The highest BCUT2D eigenvalue weighted by molar-refractivity contribution is 5.91. The van der Waals surface area contributed by atoms with E-state index in [0.29, 0.717) is 6.42 Å². The molecule has 0 aromatic heterocycles. The second kappa shape index (κ2) is 6.50. The summed E-state index contributed by atoms with van der Waals surface area (Å²) in [6.45, 7) is 7.34. The van der Waals surface area contributed by atoms with Crippen LogP contribution in [0, 0.1) is 5.92 Å². The molecule has 3 nitrogen and oxygen atoms in total. The highest BCUT2D eigenvalue weighted by atomic mass is 16.6. The van der Waals surface area contributed by atoms with E-state index in [9.17, 15) is 9.59 Å². The highest BCUT2D eigenvalue weighted by Gasteiger charge is 2.45. The molecule has 0 aliphatic carbocycles. The first-order chi connectivity index (χ1) is 8.98. The Labute approximate surface area is 115 Å². The summed E-state index contributed by atoms with van der Waals surface area (Å²) in [6, 6.07) is 9.28. The molecule has 0 heterocycles. The molecule has 0 amide bonds. The average Bonchev–Trinajstić information content (AvgIpc) is 2.44. The summed E-state index contributed by atoms with van der Waals surface area (Å²) in [6.07, 6.45) is 0.600. The van der Waals surface area contributed by atoms with Gasteiger partial charge < -0.3 is 4.74 Å². The van der Waals surface area contributed by atoms with Crippen LogP contribution in [0.2, 0.25) is 0 Å². The molecule has 3 heteroatoms. The fraction of sp³-hybridized carbons (Fsp3) is 0.500. The number of ketones is 1. The summed E-state index contributed by atoms with van der Waals surface area (Å²) in [5.74, 6) is -0.521. The normalized spacial score (nSPS) is 13.9. The Morgan fingerprint density at radius 1 is 1.11 bits per heavy atom. The lowest BCUT2D eigenvalue weighted by Gasteiger charge is -2.36. The minimum Gasteiger partial charge on any atom is -0.446 e. The van der Waals surface area contributed by atoms with Crippen molar-refractivity contribution in [1.29, 1.82) is 0 Å². The maximum absolute atomic E-state index is 12.5. The Morgan fingerprint density at radius 3 is 2.11 bits per heavy atom. The van der Waals surface area contributed by atoms with Gasteiger partial charge in [0.05, 0.1) is 0 Å². The van der Waals surface area contributed by atoms with Crippen LogP contribution in [0.5, 0.6) is 0 Å². The number of hydrogen-bond donors (Lipinski definition) is 0. The largest absolute Gasteiger partial charge is 0.446 e. The smallest absolute Gasteiger partial charge is 0.306 e. The fourth-order valence-corrected chi connectivity index (χ4v) is 2.25. The molecule has 104 valence electrons. The number of esters is 1. The first-order valence-corrected chi connectivity index (χ1v) is 6.79. The number of Topliss-reactive ketones (excluding diaryl/α,β-unsaturated/α-hetero) is 1. The zero-order chi connectivity index (χ0) is 14.5. The molecule has 0 spiro atoms. The molecule has 0 fully saturated rings. The molecule has 0 aliphatic rings. The first-order valence-electron chi connectivity index (χ1n) is 6.79. The van der Waals surface area contributed by atoms with Gasteiger partial charge in [0.2, 0.25) is 0 Å². The van der Waals surface area contributed by atoms with Gasteiger partial charge in [-0.3, -0.25) is 9.59 Å². The molecule has 1 unspecified atom stereocenters. The molecule has 0 aliphatic heterocycles. The van der Waals surface area contributed by atoms with Crippen LogP contribution < -0.4 is 0 Å². The predicted molar refractivity (Wildman–Crippen MR) is 74.6 cm³/mol. The zero-order valence-corrected chi connectivity index (χ0v) is 12.1. The number of rotatable bonds is 6. The first kappa shape index (κ1) is 15.4. The molecule has 0 bridgehead atoms. The van der Waals surface area contributed by atoms with Crippen LogP contribution in [-0.2, 0) is 19.9 Å². The summed E-state index contributed by atoms with van der Waals surface area (Å²) < 4.78 is 5.60. The minimum absolute atomic E-state index is 0.0597. The molecule has 1 atom stereocenters. The van der Waals surface area contributed by atoms with Gasteiger partial charge in [-0.1, -0.05) is 58.0 Å².